The van der Waals surface area contributed by atoms with Gasteiger partial charge in [0.25, 0.3) is 0 Å². The van der Waals surface area contributed by atoms with Gasteiger partial charge in [0, 0.05) is 18.2 Å². The van der Waals surface area contributed by atoms with Gasteiger partial charge in [0.15, 0.2) is 0 Å². The number of nitrogens with zero attached hydrogens (tertiary/aromatic N) is 2. The van der Waals surface area contributed by atoms with Crippen molar-refractivity contribution < 1.29 is 5.11 Å². The lowest BCUT2D eigenvalue weighted by atomic mass is 10.1. The SMILES string of the molecule is Cc1c(-c2ccccc2O)nn(C)c1N. The van der Waals surface area contributed by atoms with Crippen LogP contribution in [-0.4, -0.2) is 14.9 Å². The number of hydrogen-bond donors (Lipinski definition) is 2. The predicted molar refractivity (Wildman–Crippen MR) is 59.5 cm³/mol. The predicted octanol–water partition coefficient (Wildman–Crippen LogP) is 1.68. The van der Waals surface area contributed by atoms with E-state index in [1.165, 1.54) is 0 Å². The van der Waals surface area contributed by atoms with E-state index in [4.69, 9.17) is 5.73 Å². The molecule has 2 aromatic rings. The van der Waals surface area contributed by atoms with E-state index in [1.807, 2.05) is 19.1 Å². The maximum absolute atomic E-state index is 9.70. The Labute approximate surface area is 88.0 Å². The molecule has 78 valence electrons. The highest BCUT2D eigenvalue weighted by Crippen LogP contribution is 2.31. The smallest absolute Gasteiger partial charge is 0.125 e. The summed E-state index contributed by atoms with van der Waals surface area (Å²) in [6.45, 7) is 1.89. The highest BCUT2D eigenvalue weighted by atomic mass is 16.3. The minimum absolute atomic E-state index is 0.221. The Hall–Kier alpha value is -1.97. The van der Waals surface area contributed by atoms with Crippen molar-refractivity contribution in [1.29, 1.82) is 0 Å². The Bertz CT molecular complexity index is 503. The van der Waals surface area contributed by atoms with Crippen LogP contribution in [0.4, 0.5) is 5.82 Å². The molecule has 0 atom stereocenters. The Morgan fingerprint density at radius 3 is 2.53 bits per heavy atom. The van der Waals surface area contributed by atoms with Gasteiger partial charge in [0.1, 0.15) is 17.3 Å². The van der Waals surface area contributed by atoms with E-state index >= 15 is 0 Å². The molecule has 4 heteroatoms. The summed E-state index contributed by atoms with van der Waals surface area (Å²) >= 11 is 0. The number of para-hydroxylation sites is 1. The number of aromatic hydroxyl groups is 1. The first kappa shape index (κ1) is 9.58. The van der Waals surface area contributed by atoms with Crippen LogP contribution in [0.3, 0.4) is 0 Å². The van der Waals surface area contributed by atoms with Crippen molar-refractivity contribution >= 4 is 5.82 Å². The van der Waals surface area contributed by atoms with E-state index < -0.39 is 0 Å². The molecule has 0 unspecified atom stereocenters. The van der Waals surface area contributed by atoms with E-state index in [0.29, 0.717) is 11.4 Å². The third-order valence-electron chi connectivity index (χ3n) is 2.50. The number of nitrogen functional groups attached to an aromatic ring is 1. The summed E-state index contributed by atoms with van der Waals surface area (Å²) in [7, 11) is 1.78. The number of benzene rings is 1. The summed E-state index contributed by atoms with van der Waals surface area (Å²) in [5, 5.41) is 14.0. The first-order valence-electron chi connectivity index (χ1n) is 4.68. The molecule has 4 nitrogen and oxygen atoms in total. The highest BCUT2D eigenvalue weighted by Gasteiger charge is 2.13. The maximum Gasteiger partial charge on any atom is 0.125 e. The van der Waals surface area contributed by atoms with Crippen LogP contribution >= 0.6 is 0 Å². The zero-order valence-electron chi connectivity index (χ0n) is 8.73. The average Bonchev–Trinajstić information content (AvgIpc) is 2.47. The maximum atomic E-state index is 9.70. The molecule has 2 rings (SSSR count). The molecular formula is C11H13N3O. The molecule has 0 fully saturated rings. The lowest BCUT2D eigenvalue weighted by Gasteiger charge is -2.01. The van der Waals surface area contributed by atoms with Crippen LogP contribution in [0.2, 0.25) is 0 Å². The topological polar surface area (TPSA) is 64.1 Å². The van der Waals surface area contributed by atoms with Crippen LogP contribution in [0.25, 0.3) is 11.3 Å². The number of nitrogens with two attached hydrogens (primary N) is 1. The minimum atomic E-state index is 0.221. The van der Waals surface area contributed by atoms with Crippen LogP contribution in [0.5, 0.6) is 5.75 Å². The summed E-state index contributed by atoms with van der Waals surface area (Å²) in [5.74, 6) is 0.840. The molecule has 15 heavy (non-hydrogen) atoms. The van der Waals surface area contributed by atoms with Crippen LogP contribution in [-0.2, 0) is 7.05 Å². The fourth-order valence-corrected chi connectivity index (χ4v) is 1.57. The summed E-state index contributed by atoms with van der Waals surface area (Å²) < 4.78 is 1.61. The van der Waals surface area contributed by atoms with Gasteiger partial charge in [-0.05, 0) is 19.1 Å². The molecule has 0 saturated heterocycles. The molecule has 1 heterocycles. The molecule has 3 N–H and O–H groups in total. The average molecular weight is 203 g/mol. The second-order valence-electron chi connectivity index (χ2n) is 3.50. The number of aryl methyl sites for hydroxylation is 1. The van der Waals surface area contributed by atoms with Crippen LogP contribution in [0.15, 0.2) is 24.3 Å². The van der Waals surface area contributed by atoms with Crippen molar-refractivity contribution in [3.63, 3.8) is 0 Å². The number of hydrogen-bond acceptors (Lipinski definition) is 3. The zero-order chi connectivity index (χ0) is 11.0. The summed E-state index contributed by atoms with van der Waals surface area (Å²) in [6.07, 6.45) is 0. The normalized spacial score (nSPS) is 10.5. The van der Waals surface area contributed by atoms with Crippen molar-refractivity contribution in [3.05, 3.63) is 29.8 Å². The summed E-state index contributed by atoms with van der Waals surface area (Å²) in [6, 6.07) is 7.10. The van der Waals surface area contributed by atoms with E-state index in [0.717, 1.165) is 11.3 Å². The number of aromatic nitrogens is 2. The number of phenols is 1. The second kappa shape index (κ2) is 3.31. The van der Waals surface area contributed by atoms with Crippen LogP contribution < -0.4 is 5.73 Å². The largest absolute Gasteiger partial charge is 0.507 e. The van der Waals surface area contributed by atoms with Gasteiger partial charge in [-0.3, -0.25) is 4.68 Å². The van der Waals surface area contributed by atoms with E-state index in [1.54, 1.807) is 23.9 Å². The molecule has 0 radical (unpaired) electrons. The lowest BCUT2D eigenvalue weighted by molar-refractivity contribution is 0.477. The van der Waals surface area contributed by atoms with Gasteiger partial charge in [0.05, 0.1) is 0 Å². The molecular weight excluding hydrogens is 190 g/mol. The molecule has 0 saturated carbocycles. The van der Waals surface area contributed by atoms with Gasteiger partial charge in [0.2, 0.25) is 0 Å². The van der Waals surface area contributed by atoms with Gasteiger partial charge < -0.3 is 10.8 Å². The third kappa shape index (κ3) is 1.44. The van der Waals surface area contributed by atoms with Crippen molar-refractivity contribution in [2.45, 2.75) is 6.92 Å². The van der Waals surface area contributed by atoms with E-state index in [2.05, 4.69) is 5.10 Å². The lowest BCUT2D eigenvalue weighted by Crippen LogP contribution is -1.97. The third-order valence-corrected chi connectivity index (χ3v) is 2.50. The van der Waals surface area contributed by atoms with Gasteiger partial charge in [-0.15, -0.1) is 0 Å². The van der Waals surface area contributed by atoms with Crippen molar-refractivity contribution in [2.24, 2.45) is 7.05 Å². The zero-order valence-corrected chi connectivity index (χ0v) is 8.73. The molecule has 0 spiro atoms. The first-order chi connectivity index (χ1) is 7.11. The van der Waals surface area contributed by atoms with Gasteiger partial charge in [-0.25, -0.2) is 0 Å². The number of anilines is 1. The van der Waals surface area contributed by atoms with Crippen molar-refractivity contribution in [3.8, 4) is 17.0 Å². The molecule has 1 aromatic heterocycles. The fourth-order valence-electron chi connectivity index (χ4n) is 1.57. The number of rotatable bonds is 1. The fraction of sp³-hybridized carbons (Fsp3) is 0.182. The Kier molecular flexibility index (Phi) is 2.11. The Balaban J connectivity index is 2.65. The van der Waals surface area contributed by atoms with E-state index in [9.17, 15) is 5.11 Å². The monoisotopic (exact) mass is 203 g/mol. The first-order valence-corrected chi connectivity index (χ1v) is 4.68. The van der Waals surface area contributed by atoms with Gasteiger partial charge in [-0.2, -0.15) is 5.10 Å². The molecule has 0 aliphatic heterocycles. The molecule has 0 bridgehead atoms. The second-order valence-corrected chi connectivity index (χ2v) is 3.50. The van der Waals surface area contributed by atoms with Crippen molar-refractivity contribution in [1.82, 2.24) is 9.78 Å². The number of phenolic OH excluding ortho intramolecular Hbond substituents is 1. The quantitative estimate of drug-likeness (QED) is 0.741. The van der Waals surface area contributed by atoms with Crippen molar-refractivity contribution in [2.75, 3.05) is 5.73 Å². The standard InChI is InChI=1S/C11H13N3O/c1-7-10(13-14(2)11(7)12)8-5-3-4-6-9(8)15/h3-6,15H,12H2,1-2H3. The minimum Gasteiger partial charge on any atom is -0.507 e. The van der Waals surface area contributed by atoms with Gasteiger partial charge in [-0.1, -0.05) is 12.1 Å². The molecule has 1 aromatic carbocycles. The Morgan fingerprint density at radius 2 is 2.00 bits per heavy atom. The molecule has 0 aliphatic rings. The Morgan fingerprint density at radius 1 is 1.33 bits per heavy atom. The van der Waals surface area contributed by atoms with E-state index in [-0.39, 0.29) is 5.75 Å². The van der Waals surface area contributed by atoms with Gasteiger partial charge >= 0.3 is 0 Å². The van der Waals surface area contributed by atoms with Crippen LogP contribution in [0.1, 0.15) is 5.56 Å². The molecule has 0 aliphatic carbocycles. The molecule has 0 amide bonds. The summed E-state index contributed by atoms with van der Waals surface area (Å²) in [5.41, 5.74) is 8.14. The summed E-state index contributed by atoms with van der Waals surface area (Å²) in [4.78, 5) is 0. The van der Waals surface area contributed by atoms with Crippen LogP contribution in [0, 0.1) is 6.92 Å². The highest BCUT2D eigenvalue weighted by molar-refractivity contribution is 5.72.